The summed E-state index contributed by atoms with van der Waals surface area (Å²) in [6.07, 6.45) is 1.38. The van der Waals surface area contributed by atoms with Gasteiger partial charge in [0.2, 0.25) is 5.91 Å². The fraction of sp³-hybridized carbons (Fsp3) is 0.238. The van der Waals surface area contributed by atoms with Crippen molar-refractivity contribution in [1.82, 2.24) is 29.3 Å². The quantitative estimate of drug-likeness (QED) is 0.560. The molecule has 30 heavy (non-hydrogen) atoms. The van der Waals surface area contributed by atoms with E-state index < -0.39 is 0 Å². The number of anilines is 1. The number of carbonyl (C=O) groups is 1. The van der Waals surface area contributed by atoms with Crippen LogP contribution in [-0.2, 0) is 11.3 Å². The van der Waals surface area contributed by atoms with Gasteiger partial charge in [-0.25, -0.2) is 15.0 Å². The zero-order valence-electron chi connectivity index (χ0n) is 17.2. The monoisotopic (exact) mass is 403 g/mol. The Kier molecular flexibility index (Phi) is 4.86. The normalized spacial score (nSPS) is 11.1. The van der Waals surface area contributed by atoms with Gasteiger partial charge < -0.3 is 5.32 Å². The van der Waals surface area contributed by atoms with Crippen molar-refractivity contribution in [2.45, 2.75) is 34.2 Å². The van der Waals surface area contributed by atoms with Crippen LogP contribution in [0.25, 0.3) is 16.9 Å². The van der Waals surface area contributed by atoms with Crippen molar-refractivity contribution in [1.29, 1.82) is 0 Å². The summed E-state index contributed by atoms with van der Waals surface area (Å²) in [6.45, 7) is 7.28. The number of aromatic nitrogens is 6. The lowest BCUT2D eigenvalue weighted by Crippen LogP contribution is -2.28. The van der Waals surface area contributed by atoms with E-state index in [1.807, 2.05) is 39.8 Å². The number of hydrogen-bond acceptors (Lipinski definition) is 6. The van der Waals surface area contributed by atoms with Gasteiger partial charge in [0.25, 0.3) is 11.5 Å². The number of rotatable bonds is 4. The summed E-state index contributed by atoms with van der Waals surface area (Å²) in [6, 6.07) is 9.05. The van der Waals surface area contributed by atoms with E-state index in [4.69, 9.17) is 0 Å². The zero-order chi connectivity index (χ0) is 21.4. The molecule has 0 radical (unpaired) electrons. The molecule has 3 heterocycles. The highest BCUT2D eigenvalue weighted by molar-refractivity contribution is 5.90. The molecule has 4 aromatic rings. The molecule has 0 aliphatic heterocycles. The highest BCUT2D eigenvalue weighted by atomic mass is 16.2. The molecule has 0 bridgehead atoms. The first kappa shape index (κ1) is 19.4. The van der Waals surface area contributed by atoms with Crippen molar-refractivity contribution in [3.8, 4) is 5.95 Å². The van der Waals surface area contributed by atoms with Crippen LogP contribution in [0.2, 0.25) is 0 Å². The van der Waals surface area contributed by atoms with Crippen LogP contribution in [0.5, 0.6) is 0 Å². The smallest absolute Gasteiger partial charge is 0.261 e. The van der Waals surface area contributed by atoms with E-state index in [-0.39, 0.29) is 18.0 Å². The molecular formula is C21H21N7O2. The Morgan fingerprint density at radius 3 is 2.47 bits per heavy atom. The number of carbonyl (C=O) groups excluding carboxylic acids is 1. The zero-order valence-corrected chi connectivity index (χ0v) is 17.2. The summed E-state index contributed by atoms with van der Waals surface area (Å²) >= 11 is 0. The fourth-order valence-electron chi connectivity index (χ4n) is 3.27. The van der Waals surface area contributed by atoms with Crippen LogP contribution in [0.1, 0.15) is 22.6 Å². The predicted molar refractivity (Wildman–Crippen MR) is 113 cm³/mol. The molecular weight excluding hydrogens is 382 g/mol. The molecule has 1 N–H and O–H groups in total. The third kappa shape index (κ3) is 3.82. The maximum absolute atomic E-state index is 12.7. The average Bonchev–Trinajstić information content (AvgIpc) is 3.04. The van der Waals surface area contributed by atoms with Crippen molar-refractivity contribution in [3.05, 3.63) is 69.7 Å². The molecule has 1 aromatic carbocycles. The second-order valence-corrected chi connectivity index (χ2v) is 7.28. The first-order chi connectivity index (χ1) is 14.3. The predicted octanol–water partition coefficient (Wildman–Crippen LogP) is 2.24. The van der Waals surface area contributed by atoms with Crippen molar-refractivity contribution in [2.24, 2.45) is 0 Å². The molecule has 0 unspecified atom stereocenters. The third-order valence-electron chi connectivity index (χ3n) is 4.55. The molecule has 3 aromatic heterocycles. The molecule has 9 heteroatoms. The van der Waals surface area contributed by atoms with Gasteiger partial charge in [-0.05, 0) is 45.9 Å². The standard InChI is InChI=1S/C21H21N7O2/c1-12-5-6-17-16(7-12)20(30)27(11-22-17)10-19(29)25-18-9-15(4)26-28(18)21-23-13(2)8-14(3)24-21/h5-9,11H,10H2,1-4H3,(H,25,29). The molecule has 0 saturated carbocycles. The molecule has 0 aliphatic rings. The van der Waals surface area contributed by atoms with Crippen molar-refractivity contribution in [3.63, 3.8) is 0 Å². The van der Waals surface area contributed by atoms with Gasteiger partial charge in [-0.15, -0.1) is 0 Å². The van der Waals surface area contributed by atoms with Gasteiger partial charge in [-0.2, -0.15) is 9.78 Å². The van der Waals surface area contributed by atoms with Gasteiger partial charge in [0.05, 0.1) is 22.9 Å². The van der Waals surface area contributed by atoms with Crippen LogP contribution >= 0.6 is 0 Å². The second-order valence-electron chi connectivity index (χ2n) is 7.28. The van der Waals surface area contributed by atoms with Crippen LogP contribution < -0.4 is 10.9 Å². The minimum Gasteiger partial charge on any atom is -0.309 e. The molecule has 4 rings (SSSR count). The maximum Gasteiger partial charge on any atom is 0.261 e. The third-order valence-corrected chi connectivity index (χ3v) is 4.55. The Balaban J connectivity index is 1.62. The first-order valence-electron chi connectivity index (χ1n) is 9.45. The highest BCUT2D eigenvalue weighted by Crippen LogP contribution is 2.15. The Morgan fingerprint density at radius 2 is 1.73 bits per heavy atom. The number of aryl methyl sites for hydroxylation is 4. The summed E-state index contributed by atoms with van der Waals surface area (Å²) in [5.74, 6) is 0.424. The van der Waals surface area contributed by atoms with Gasteiger partial charge in [0.15, 0.2) is 0 Å². The summed E-state index contributed by atoms with van der Waals surface area (Å²) < 4.78 is 2.77. The second kappa shape index (κ2) is 7.51. The van der Waals surface area contributed by atoms with Crippen LogP contribution in [0, 0.1) is 27.7 Å². The van der Waals surface area contributed by atoms with Gasteiger partial charge >= 0.3 is 0 Å². The Hall–Kier alpha value is -3.88. The number of nitrogens with one attached hydrogen (secondary N) is 1. The Morgan fingerprint density at radius 1 is 1.00 bits per heavy atom. The number of amides is 1. The largest absolute Gasteiger partial charge is 0.309 e. The summed E-state index contributed by atoms with van der Waals surface area (Å²) in [4.78, 5) is 38.5. The van der Waals surface area contributed by atoms with Gasteiger partial charge in [-0.1, -0.05) is 11.6 Å². The summed E-state index contributed by atoms with van der Waals surface area (Å²) in [5.41, 5.74) is 3.59. The summed E-state index contributed by atoms with van der Waals surface area (Å²) in [7, 11) is 0. The molecule has 152 valence electrons. The molecule has 0 spiro atoms. The van der Waals surface area contributed by atoms with Gasteiger partial charge in [0, 0.05) is 17.5 Å². The minimum absolute atomic E-state index is 0.173. The lowest BCUT2D eigenvalue weighted by molar-refractivity contribution is -0.116. The fourth-order valence-corrected chi connectivity index (χ4v) is 3.27. The molecule has 0 aliphatic carbocycles. The number of benzene rings is 1. The van der Waals surface area contributed by atoms with Crippen LogP contribution in [0.4, 0.5) is 5.82 Å². The number of nitrogens with zero attached hydrogens (tertiary/aromatic N) is 6. The van der Waals surface area contributed by atoms with Crippen LogP contribution in [0.3, 0.4) is 0 Å². The molecule has 0 atom stereocenters. The van der Waals surface area contributed by atoms with Crippen molar-refractivity contribution in [2.75, 3.05) is 5.32 Å². The highest BCUT2D eigenvalue weighted by Gasteiger charge is 2.15. The number of hydrogen-bond donors (Lipinski definition) is 1. The van der Waals surface area contributed by atoms with E-state index in [0.29, 0.717) is 28.4 Å². The van der Waals surface area contributed by atoms with Crippen LogP contribution in [-0.4, -0.2) is 35.2 Å². The van der Waals surface area contributed by atoms with Gasteiger partial charge in [-0.3, -0.25) is 14.2 Å². The number of fused-ring (bicyclic) bond motifs is 1. The van der Waals surface area contributed by atoms with E-state index in [1.54, 1.807) is 18.2 Å². The molecule has 0 fully saturated rings. The first-order valence-corrected chi connectivity index (χ1v) is 9.45. The van der Waals surface area contributed by atoms with Gasteiger partial charge in [0.1, 0.15) is 12.4 Å². The lowest BCUT2D eigenvalue weighted by atomic mass is 10.2. The van der Waals surface area contributed by atoms with E-state index in [9.17, 15) is 9.59 Å². The van der Waals surface area contributed by atoms with E-state index in [0.717, 1.165) is 17.0 Å². The molecule has 9 nitrogen and oxygen atoms in total. The average molecular weight is 403 g/mol. The summed E-state index contributed by atoms with van der Waals surface area (Å²) in [5, 5.41) is 7.67. The van der Waals surface area contributed by atoms with E-state index in [1.165, 1.54) is 15.6 Å². The Labute approximate surface area is 172 Å². The SMILES string of the molecule is Cc1ccc2ncn(CC(=O)Nc3cc(C)nn3-c3nc(C)cc(C)n3)c(=O)c2c1. The molecule has 1 amide bonds. The Bertz CT molecular complexity index is 1320. The topological polar surface area (TPSA) is 108 Å². The van der Waals surface area contributed by atoms with Crippen molar-refractivity contribution >= 4 is 22.6 Å². The molecule has 0 saturated heterocycles. The minimum atomic E-state index is -0.378. The van der Waals surface area contributed by atoms with E-state index >= 15 is 0 Å². The van der Waals surface area contributed by atoms with E-state index in [2.05, 4.69) is 25.4 Å². The maximum atomic E-state index is 12.7. The van der Waals surface area contributed by atoms with Crippen LogP contribution in [0.15, 0.2) is 41.5 Å². The lowest BCUT2D eigenvalue weighted by Gasteiger charge is -2.10. The van der Waals surface area contributed by atoms with Crippen molar-refractivity contribution < 1.29 is 4.79 Å².